The highest BCUT2D eigenvalue weighted by Gasteiger charge is 2.29. The van der Waals surface area contributed by atoms with Crippen molar-refractivity contribution in [3.8, 4) is 0 Å². The minimum Gasteiger partial charge on any atom is -0.393 e. The third kappa shape index (κ3) is 4.98. The Bertz CT molecular complexity index is 1180. The fourth-order valence-electron chi connectivity index (χ4n) is 3.72. The lowest BCUT2D eigenvalue weighted by Gasteiger charge is -2.25. The maximum absolute atomic E-state index is 12.8. The van der Waals surface area contributed by atoms with Crippen molar-refractivity contribution in [3.05, 3.63) is 50.7 Å². The predicted molar refractivity (Wildman–Crippen MR) is 120 cm³/mol. The van der Waals surface area contributed by atoms with Crippen molar-refractivity contribution >= 4 is 21.4 Å². The Labute approximate surface area is 182 Å². The molecule has 0 radical (unpaired) electrons. The van der Waals surface area contributed by atoms with Gasteiger partial charge in [0.25, 0.3) is 5.56 Å². The molecule has 1 saturated carbocycles. The first-order valence-electron chi connectivity index (χ1n) is 10.4. The van der Waals surface area contributed by atoms with Crippen LogP contribution in [-0.4, -0.2) is 29.6 Å². The molecule has 0 bridgehead atoms. The van der Waals surface area contributed by atoms with Gasteiger partial charge in [0.1, 0.15) is 12.2 Å². The zero-order valence-corrected chi connectivity index (χ0v) is 19.3. The molecule has 1 fully saturated rings. The van der Waals surface area contributed by atoms with E-state index in [-0.39, 0.29) is 41.3 Å². The maximum atomic E-state index is 12.8. The Morgan fingerprint density at radius 1 is 1.19 bits per heavy atom. The molecule has 3 N–H and O–H groups in total. The molecular weight excluding hydrogens is 416 g/mol. The van der Waals surface area contributed by atoms with Crippen LogP contribution >= 0.6 is 0 Å². The highest BCUT2D eigenvalue weighted by atomic mass is 32.2. The van der Waals surface area contributed by atoms with Crippen LogP contribution in [-0.2, 0) is 27.7 Å². The molecule has 1 amide bonds. The fraction of sp³-hybridized carbons (Fsp3) is 0.500. The number of carbonyl (C=O) groups is 1. The van der Waals surface area contributed by atoms with E-state index in [1.165, 1.54) is 10.6 Å². The number of hydrogen-bond acceptors (Lipinski definition) is 6. The molecule has 1 aliphatic carbocycles. The number of nitrogen functional groups attached to an aromatic ring is 1. The Morgan fingerprint density at radius 3 is 2.48 bits per heavy atom. The van der Waals surface area contributed by atoms with E-state index in [2.05, 4.69) is 10.3 Å². The number of amides is 1. The summed E-state index contributed by atoms with van der Waals surface area (Å²) in [5.74, 6) is -0.238. The van der Waals surface area contributed by atoms with Crippen LogP contribution in [0.25, 0.3) is 0 Å². The van der Waals surface area contributed by atoms with Crippen molar-refractivity contribution in [2.45, 2.75) is 64.9 Å². The lowest BCUT2D eigenvalue weighted by atomic mass is 9.87. The van der Waals surface area contributed by atoms with Gasteiger partial charge in [0, 0.05) is 23.6 Å². The Morgan fingerprint density at radius 2 is 1.87 bits per heavy atom. The molecule has 0 aliphatic heterocycles. The molecule has 0 spiro atoms. The molecule has 1 aliphatic rings. The van der Waals surface area contributed by atoms with Gasteiger partial charge in [-0.3, -0.25) is 14.6 Å². The van der Waals surface area contributed by atoms with Gasteiger partial charge in [0.05, 0.1) is 10.6 Å². The monoisotopic (exact) mass is 446 g/mol. The van der Waals surface area contributed by atoms with Crippen LogP contribution in [0.2, 0.25) is 0 Å². The predicted octanol–water partition coefficient (Wildman–Crippen LogP) is 1.95. The van der Waals surface area contributed by atoms with Crippen LogP contribution in [0.15, 0.2) is 21.8 Å². The van der Waals surface area contributed by atoms with Gasteiger partial charge >= 0.3 is 0 Å². The number of rotatable bonds is 7. The third-order valence-corrected chi connectivity index (χ3v) is 7.98. The van der Waals surface area contributed by atoms with E-state index in [0.29, 0.717) is 5.69 Å². The van der Waals surface area contributed by atoms with Crippen molar-refractivity contribution in [2.24, 2.45) is 5.92 Å². The van der Waals surface area contributed by atoms with Crippen molar-refractivity contribution in [1.29, 1.82) is 0 Å². The lowest BCUT2D eigenvalue weighted by Crippen LogP contribution is -2.35. The Kier molecular flexibility index (Phi) is 6.54. The van der Waals surface area contributed by atoms with E-state index in [1.54, 1.807) is 6.92 Å². The number of hydrogen-bond donors (Lipinski definition) is 2. The highest BCUT2D eigenvalue weighted by Crippen LogP contribution is 2.30. The number of pyridine rings is 2. The summed E-state index contributed by atoms with van der Waals surface area (Å²) in [7, 11) is -3.65. The number of carbonyl (C=O) groups excluding carboxylic acids is 1. The second-order valence-corrected chi connectivity index (χ2v) is 10.4. The fourth-order valence-corrected chi connectivity index (χ4v) is 5.63. The molecule has 0 saturated heterocycles. The summed E-state index contributed by atoms with van der Waals surface area (Å²) in [4.78, 5) is 29.6. The van der Waals surface area contributed by atoms with E-state index in [9.17, 15) is 18.0 Å². The first-order valence-corrected chi connectivity index (χ1v) is 12.1. The molecule has 0 aromatic carbocycles. The minimum absolute atomic E-state index is 0.00390. The summed E-state index contributed by atoms with van der Waals surface area (Å²) in [5, 5.41) is 2.80. The number of aryl methyl sites for hydroxylation is 4. The molecule has 0 atom stereocenters. The molecule has 2 heterocycles. The molecule has 8 nitrogen and oxygen atoms in total. The topological polar surface area (TPSA) is 124 Å². The third-order valence-electron chi connectivity index (χ3n) is 6.06. The van der Waals surface area contributed by atoms with Gasteiger partial charge < -0.3 is 15.6 Å². The van der Waals surface area contributed by atoms with Gasteiger partial charge in [0.2, 0.25) is 5.91 Å². The molecular formula is C22H30N4O4S. The quantitative estimate of drug-likeness (QED) is 0.670. The zero-order chi connectivity index (χ0) is 22.9. The van der Waals surface area contributed by atoms with E-state index in [1.807, 2.05) is 26.8 Å². The van der Waals surface area contributed by atoms with Gasteiger partial charge in [-0.25, -0.2) is 8.42 Å². The summed E-state index contributed by atoms with van der Waals surface area (Å²) in [6, 6.07) is 3.38. The highest BCUT2D eigenvalue weighted by molar-refractivity contribution is 7.91. The van der Waals surface area contributed by atoms with Gasteiger partial charge in [-0.1, -0.05) is 12.5 Å². The number of aromatic nitrogens is 2. The van der Waals surface area contributed by atoms with Gasteiger partial charge in [0.15, 0.2) is 9.84 Å². The van der Waals surface area contributed by atoms with Gasteiger partial charge in [-0.05, 0) is 63.6 Å². The van der Waals surface area contributed by atoms with Crippen molar-refractivity contribution < 1.29 is 13.2 Å². The summed E-state index contributed by atoms with van der Waals surface area (Å²) >= 11 is 0. The van der Waals surface area contributed by atoms with Crippen LogP contribution in [0.3, 0.4) is 0 Å². The smallest absolute Gasteiger partial charge is 0.275 e. The number of anilines is 1. The standard InChI is InChI=1S/C22H30N4O4S/c1-13-8-18(16(4)25-15(13)3)10-24-20(27)11-26-14(2)9-19(21(23)22(26)28)31(29,30)12-17-6-5-7-17/h8-9,17H,5-7,10-12,23H2,1-4H3,(H,24,27). The molecule has 2 aromatic rings. The first-order chi connectivity index (χ1) is 14.5. The average Bonchev–Trinajstić information content (AvgIpc) is 2.66. The van der Waals surface area contributed by atoms with Crippen LogP contribution in [0.5, 0.6) is 0 Å². The molecule has 3 rings (SSSR count). The first kappa shape index (κ1) is 23.0. The Hall–Kier alpha value is -2.68. The zero-order valence-electron chi connectivity index (χ0n) is 18.5. The number of nitrogens with one attached hydrogen (secondary N) is 1. The number of sulfone groups is 1. The van der Waals surface area contributed by atoms with Crippen molar-refractivity contribution in [2.75, 3.05) is 11.5 Å². The van der Waals surface area contributed by atoms with Crippen LogP contribution in [0, 0.1) is 33.6 Å². The van der Waals surface area contributed by atoms with E-state index >= 15 is 0 Å². The second kappa shape index (κ2) is 8.82. The average molecular weight is 447 g/mol. The van der Waals surface area contributed by atoms with Crippen molar-refractivity contribution in [1.82, 2.24) is 14.9 Å². The van der Waals surface area contributed by atoms with Crippen molar-refractivity contribution in [3.63, 3.8) is 0 Å². The van der Waals surface area contributed by atoms with Crippen LogP contribution in [0.4, 0.5) is 5.69 Å². The molecule has 9 heteroatoms. The summed E-state index contributed by atoms with van der Waals surface area (Å²) in [5.41, 5.74) is 9.02. The summed E-state index contributed by atoms with van der Waals surface area (Å²) in [6.45, 7) is 7.42. The maximum Gasteiger partial charge on any atom is 0.275 e. The summed E-state index contributed by atoms with van der Waals surface area (Å²) in [6.07, 6.45) is 2.79. The number of nitrogens with zero attached hydrogens (tertiary/aromatic N) is 2. The second-order valence-electron chi connectivity index (χ2n) is 8.45. The van der Waals surface area contributed by atoms with E-state index in [4.69, 9.17) is 5.73 Å². The number of nitrogens with two attached hydrogens (primary N) is 1. The molecule has 168 valence electrons. The SMILES string of the molecule is Cc1cc(CNC(=O)Cn2c(C)cc(S(=O)(=O)CC3CCC3)c(N)c2=O)c(C)nc1C. The van der Waals surface area contributed by atoms with E-state index in [0.717, 1.165) is 41.8 Å². The Balaban J connectivity index is 1.76. The molecule has 0 unspecified atom stereocenters. The van der Waals surface area contributed by atoms with Crippen LogP contribution in [0.1, 0.15) is 47.5 Å². The lowest BCUT2D eigenvalue weighted by molar-refractivity contribution is -0.121. The van der Waals surface area contributed by atoms with Gasteiger partial charge in [-0.2, -0.15) is 0 Å². The van der Waals surface area contributed by atoms with Crippen LogP contribution < -0.4 is 16.6 Å². The summed E-state index contributed by atoms with van der Waals surface area (Å²) < 4.78 is 26.7. The normalized spacial score (nSPS) is 14.3. The van der Waals surface area contributed by atoms with Gasteiger partial charge in [-0.15, -0.1) is 0 Å². The molecule has 2 aromatic heterocycles. The largest absolute Gasteiger partial charge is 0.393 e. The van der Waals surface area contributed by atoms with E-state index < -0.39 is 15.4 Å². The molecule has 31 heavy (non-hydrogen) atoms. The minimum atomic E-state index is -3.65.